The van der Waals surface area contributed by atoms with E-state index in [0.717, 1.165) is 41.5 Å². The molecular weight excluding hydrogens is 370 g/mol. The number of esters is 1. The Morgan fingerprint density at radius 3 is 2.61 bits per heavy atom. The molecule has 28 heavy (non-hydrogen) atoms. The highest BCUT2D eigenvalue weighted by molar-refractivity contribution is 7.80. The van der Waals surface area contributed by atoms with Gasteiger partial charge in [-0.25, -0.2) is 4.79 Å². The highest BCUT2D eigenvalue weighted by atomic mass is 32.1. The first kappa shape index (κ1) is 20.3. The second-order valence-electron chi connectivity index (χ2n) is 7.29. The summed E-state index contributed by atoms with van der Waals surface area (Å²) in [6.45, 7) is 3.65. The maximum Gasteiger partial charge on any atom is 0.337 e. The number of hydrogen-bond donors (Lipinski definition) is 1. The zero-order valence-electron chi connectivity index (χ0n) is 16.9. The fraction of sp³-hybridized carbons (Fsp3) is 0.364. The van der Waals surface area contributed by atoms with Gasteiger partial charge in [-0.05, 0) is 68.6 Å². The maximum absolute atomic E-state index is 12.7. The average molecular weight is 398 g/mol. The number of rotatable bonds is 6. The Morgan fingerprint density at radius 1 is 1.21 bits per heavy atom. The third-order valence-electron chi connectivity index (χ3n) is 5.10. The Morgan fingerprint density at radius 2 is 1.93 bits per heavy atom. The van der Waals surface area contributed by atoms with Crippen LogP contribution in [0.3, 0.4) is 0 Å². The number of nitrogens with one attached hydrogen (secondary N) is 1. The van der Waals surface area contributed by atoms with Crippen molar-refractivity contribution < 1.29 is 9.53 Å². The van der Waals surface area contributed by atoms with Gasteiger partial charge in [0.25, 0.3) is 0 Å². The monoisotopic (exact) mass is 397 g/mol. The van der Waals surface area contributed by atoms with E-state index in [-0.39, 0.29) is 12.0 Å². The number of methoxy groups -OCH3 is 1. The summed E-state index contributed by atoms with van der Waals surface area (Å²) in [6.07, 6.45) is 0.946. The molecule has 0 aromatic heterocycles. The first-order valence-corrected chi connectivity index (χ1v) is 9.83. The topological polar surface area (TPSA) is 44.8 Å². The highest BCUT2D eigenvalue weighted by Gasteiger charge is 2.34. The molecule has 1 aliphatic heterocycles. The summed E-state index contributed by atoms with van der Waals surface area (Å²) in [6, 6.07) is 14.1. The molecule has 148 valence electrons. The minimum Gasteiger partial charge on any atom is -0.466 e. The standard InChI is InChI=1S/C22H27N3O2S/c1-15-19(21(26)27-4)20(23-22(28)25(15)13-7-12-24(2)3)18-11-10-16-8-5-6-9-17(16)14-18/h5-6,8-11,14,20H,7,12-13H2,1-4H3,(H,23,28)/t20-/m1/s1. The van der Waals surface area contributed by atoms with Crippen LogP contribution in [0.15, 0.2) is 53.7 Å². The van der Waals surface area contributed by atoms with E-state index in [0.29, 0.717) is 10.7 Å². The van der Waals surface area contributed by atoms with E-state index in [2.05, 4.69) is 34.5 Å². The van der Waals surface area contributed by atoms with Crippen LogP contribution in [-0.2, 0) is 9.53 Å². The fourth-order valence-electron chi connectivity index (χ4n) is 3.61. The predicted molar refractivity (Wildman–Crippen MR) is 117 cm³/mol. The molecule has 1 N–H and O–H groups in total. The number of carbonyl (C=O) groups is 1. The Kier molecular flexibility index (Phi) is 6.31. The molecule has 0 unspecified atom stereocenters. The largest absolute Gasteiger partial charge is 0.466 e. The van der Waals surface area contributed by atoms with Gasteiger partial charge >= 0.3 is 5.97 Å². The van der Waals surface area contributed by atoms with Crippen molar-refractivity contribution in [3.63, 3.8) is 0 Å². The molecule has 1 heterocycles. The molecule has 1 atom stereocenters. The van der Waals surface area contributed by atoms with Crippen molar-refractivity contribution in [2.75, 3.05) is 34.3 Å². The average Bonchev–Trinajstić information content (AvgIpc) is 2.69. The molecule has 3 rings (SSSR count). The van der Waals surface area contributed by atoms with Crippen molar-refractivity contribution in [1.82, 2.24) is 15.1 Å². The number of allylic oxidation sites excluding steroid dienone is 1. The smallest absolute Gasteiger partial charge is 0.337 e. The van der Waals surface area contributed by atoms with Gasteiger partial charge in [-0.2, -0.15) is 0 Å². The van der Waals surface area contributed by atoms with Crippen LogP contribution in [0, 0.1) is 0 Å². The van der Waals surface area contributed by atoms with Gasteiger partial charge in [-0.3, -0.25) is 0 Å². The first-order chi connectivity index (χ1) is 13.4. The molecule has 0 fully saturated rings. The lowest BCUT2D eigenvalue weighted by Crippen LogP contribution is -2.48. The summed E-state index contributed by atoms with van der Waals surface area (Å²) < 4.78 is 5.11. The number of benzene rings is 2. The summed E-state index contributed by atoms with van der Waals surface area (Å²) in [5, 5.41) is 6.30. The van der Waals surface area contributed by atoms with Gasteiger partial charge in [0.1, 0.15) is 0 Å². The lowest BCUT2D eigenvalue weighted by Gasteiger charge is -2.37. The first-order valence-electron chi connectivity index (χ1n) is 9.43. The van der Waals surface area contributed by atoms with Crippen LogP contribution in [0.1, 0.15) is 24.9 Å². The van der Waals surface area contributed by atoms with Crippen molar-refractivity contribution in [2.45, 2.75) is 19.4 Å². The SMILES string of the molecule is COC(=O)C1=C(C)N(CCCN(C)C)C(=S)N[C@@H]1c1ccc2ccccc2c1. The van der Waals surface area contributed by atoms with Gasteiger partial charge in [0, 0.05) is 12.2 Å². The molecule has 0 saturated carbocycles. The van der Waals surface area contributed by atoms with Gasteiger partial charge in [-0.15, -0.1) is 0 Å². The quantitative estimate of drug-likeness (QED) is 0.595. The molecule has 0 radical (unpaired) electrons. The lowest BCUT2D eigenvalue weighted by molar-refractivity contribution is -0.136. The van der Waals surface area contributed by atoms with Crippen LogP contribution in [0.25, 0.3) is 10.8 Å². The summed E-state index contributed by atoms with van der Waals surface area (Å²) in [5.74, 6) is -0.330. The van der Waals surface area contributed by atoms with Gasteiger partial charge in [0.2, 0.25) is 0 Å². The van der Waals surface area contributed by atoms with Crippen molar-refractivity contribution in [3.05, 3.63) is 59.3 Å². The predicted octanol–water partition coefficient (Wildman–Crippen LogP) is 3.47. The number of thiocarbonyl (C=S) groups is 1. The van der Waals surface area contributed by atoms with Crippen molar-refractivity contribution in [3.8, 4) is 0 Å². The van der Waals surface area contributed by atoms with E-state index in [1.807, 2.05) is 44.1 Å². The molecule has 6 heteroatoms. The number of fused-ring (bicyclic) bond motifs is 1. The summed E-state index contributed by atoms with van der Waals surface area (Å²) >= 11 is 5.65. The summed E-state index contributed by atoms with van der Waals surface area (Å²) in [5.41, 5.74) is 2.46. The Bertz CT molecular complexity index is 923. The summed E-state index contributed by atoms with van der Waals surface area (Å²) in [4.78, 5) is 16.8. The zero-order valence-corrected chi connectivity index (χ0v) is 17.7. The Labute approximate surface area is 172 Å². The van der Waals surface area contributed by atoms with E-state index in [9.17, 15) is 4.79 Å². The second-order valence-corrected chi connectivity index (χ2v) is 7.67. The highest BCUT2D eigenvalue weighted by Crippen LogP contribution is 2.32. The molecular formula is C22H27N3O2S. The van der Waals surface area contributed by atoms with Crippen LogP contribution in [0.5, 0.6) is 0 Å². The van der Waals surface area contributed by atoms with E-state index in [1.165, 1.54) is 7.11 Å². The zero-order chi connectivity index (χ0) is 20.3. The molecule has 0 spiro atoms. The molecule has 2 aromatic carbocycles. The third-order valence-corrected chi connectivity index (χ3v) is 5.43. The minimum absolute atomic E-state index is 0.324. The maximum atomic E-state index is 12.7. The van der Waals surface area contributed by atoms with Gasteiger partial charge in [0.15, 0.2) is 5.11 Å². The molecule has 0 amide bonds. The van der Waals surface area contributed by atoms with Crippen molar-refractivity contribution >= 4 is 34.1 Å². The van der Waals surface area contributed by atoms with Crippen LogP contribution in [0.4, 0.5) is 0 Å². The molecule has 5 nitrogen and oxygen atoms in total. The Hall–Kier alpha value is -2.44. The number of ether oxygens (including phenoxy) is 1. The molecule has 0 saturated heterocycles. The third kappa shape index (κ3) is 4.18. The van der Waals surface area contributed by atoms with E-state index in [4.69, 9.17) is 17.0 Å². The van der Waals surface area contributed by atoms with Crippen LogP contribution in [0.2, 0.25) is 0 Å². The minimum atomic E-state index is -0.330. The second kappa shape index (κ2) is 8.71. The fourth-order valence-corrected chi connectivity index (χ4v) is 3.95. The van der Waals surface area contributed by atoms with Crippen molar-refractivity contribution in [1.29, 1.82) is 0 Å². The van der Waals surface area contributed by atoms with Crippen LogP contribution in [-0.4, -0.2) is 55.2 Å². The van der Waals surface area contributed by atoms with E-state index in [1.54, 1.807) is 0 Å². The Balaban J connectivity index is 1.98. The van der Waals surface area contributed by atoms with Gasteiger partial charge in [0.05, 0.1) is 18.7 Å². The number of nitrogens with zero attached hydrogens (tertiary/aromatic N) is 2. The van der Waals surface area contributed by atoms with E-state index < -0.39 is 0 Å². The molecule has 1 aliphatic rings. The van der Waals surface area contributed by atoms with Gasteiger partial charge < -0.3 is 19.9 Å². The number of carbonyl (C=O) groups excluding carboxylic acids is 1. The normalized spacial score (nSPS) is 17.2. The molecule has 0 aliphatic carbocycles. The summed E-state index contributed by atoms with van der Waals surface area (Å²) in [7, 11) is 5.51. The van der Waals surface area contributed by atoms with Crippen LogP contribution < -0.4 is 5.32 Å². The number of hydrogen-bond acceptors (Lipinski definition) is 4. The molecule has 0 bridgehead atoms. The molecule has 2 aromatic rings. The van der Waals surface area contributed by atoms with Crippen LogP contribution >= 0.6 is 12.2 Å². The van der Waals surface area contributed by atoms with Gasteiger partial charge in [-0.1, -0.05) is 36.4 Å². The van der Waals surface area contributed by atoms with Crippen molar-refractivity contribution in [2.24, 2.45) is 0 Å². The van der Waals surface area contributed by atoms with E-state index >= 15 is 0 Å². The lowest BCUT2D eigenvalue weighted by atomic mass is 9.93.